The Morgan fingerprint density at radius 2 is 1.96 bits per heavy atom. The zero-order valence-corrected chi connectivity index (χ0v) is 15.5. The second-order valence-electron chi connectivity index (χ2n) is 6.66. The van der Waals surface area contributed by atoms with E-state index in [4.69, 9.17) is 0 Å². The lowest BCUT2D eigenvalue weighted by Crippen LogP contribution is -2.36. The Morgan fingerprint density at radius 1 is 1.11 bits per heavy atom. The van der Waals surface area contributed by atoms with Crippen LogP contribution < -0.4 is 26.4 Å². The number of aliphatic imine (C=N–C) groups is 1. The standard InChI is InChI=1S/C20H16N4O3S/c25-13-3-1-2-11(8-13)10-22-16-17(19(27)18(16)26)23-12-4-5-15-14(9-12)24-7-6-21-20(24)28-15/h1-5,8-9,22-23,25H,6-7,10H2. The number of phenols is 1. The minimum absolute atomic E-state index is 0.156. The van der Waals surface area contributed by atoms with Crippen LogP contribution in [0.5, 0.6) is 5.75 Å². The van der Waals surface area contributed by atoms with Gasteiger partial charge in [-0.05, 0) is 47.7 Å². The Kier molecular flexibility index (Phi) is 3.87. The average molecular weight is 392 g/mol. The van der Waals surface area contributed by atoms with Crippen molar-refractivity contribution in [3.05, 3.63) is 68.5 Å². The van der Waals surface area contributed by atoms with Gasteiger partial charge in [-0.3, -0.25) is 14.6 Å². The number of benzene rings is 2. The largest absolute Gasteiger partial charge is 0.508 e. The molecule has 0 saturated heterocycles. The first-order valence-corrected chi connectivity index (χ1v) is 9.68. The van der Waals surface area contributed by atoms with Gasteiger partial charge in [-0.25, -0.2) is 0 Å². The van der Waals surface area contributed by atoms with Gasteiger partial charge in [0.25, 0.3) is 10.9 Å². The van der Waals surface area contributed by atoms with Crippen LogP contribution in [0.25, 0.3) is 0 Å². The van der Waals surface area contributed by atoms with Crippen LogP contribution in [0.4, 0.5) is 22.7 Å². The Hall–Kier alpha value is -3.26. The molecular weight excluding hydrogens is 376 g/mol. The van der Waals surface area contributed by atoms with Crippen LogP contribution in [0.15, 0.2) is 61.9 Å². The minimum atomic E-state index is -0.534. The number of hydrogen-bond acceptors (Lipinski definition) is 8. The molecule has 0 amide bonds. The number of fused-ring (bicyclic) bond motifs is 3. The zero-order valence-electron chi connectivity index (χ0n) is 14.7. The fraction of sp³-hybridized carbons (Fsp3) is 0.150. The van der Waals surface area contributed by atoms with Gasteiger partial charge < -0.3 is 20.6 Å². The molecule has 0 saturated carbocycles. The topological polar surface area (TPSA) is 94.0 Å². The van der Waals surface area contributed by atoms with Crippen LogP contribution >= 0.6 is 11.8 Å². The number of hydrogen-bond donors (Lipinski definition) is 3. The maximum Gasteiger partial charge on any atom is 0.253 e. The summed E-state index contributed by atoms with van der Waals surface area (Å²) < 4.78 is 0. The molecule has 2 aliphatic heterocycles. The summed E-state index contributed by atoms with van der Waals surface area (Å²) in [6, 6.07) is 12.6. The molecule has 0 unspecified atom stereocenters. The summed E-state index contributed by atoms with van der Waals surface area (Å²) in [6.07, 6.45) is 0. The molecule has 0 aromatic heterocycles. The minimum Gasteiger partial charge on any atom is -0.508 e. The molecule has 5 rings (SSSR count). The van der Waals surface area contributed by atoms with E-state index in [1.165, 1.54) is 0 Å². The Bertz CT molecular complexity index is 1200. The van der Waals surface area contributed by atoms with Gasteiger partial charge in [0.05, 0.1) is 12.2 Å². The molecule has 0 spiro atoms. The molecule has 140 valence electrons. The van der Waals surface area contributed by atoms with Crippen LogP contribution in [-0.4, -0.2) is 23.4 Å². The van der Waals surface area contributed by atoms with E-state index >= 15 is 0 Å². The second-order valence-corrected chi connectivity index (χ2v) is 7.67. The van der Waals surface area contributed by atoms with Gasteiger partial charge in [0.1, 0.15) is 17.1 Å². The number of nitrogens with one attached hydrogen (secondary N) is 2. The lowest BCUT2D eigenvalue weighted by molar-refractivity contribution is 0.474. The highest BCUT2D eigenvalue weighted by Crippen LogP contribution is 2.43. The van der Waals surface area contributed by atoms with E-state index in [0.29, 0.717) is 6.54 Å². The van der Waals surface area contributed by atoms with Crippen LogP contribution in [0.1, 0.15) is 5.56 Å². The summed E-state index contributed by atoms with van der Waals surface area (Å²) in [5, 5.41) is 16.6. The maximum absolute atomic E-state index is 12.1. The van der Waals surface area contributed by atoms with Crippen molar-refractivity contribution >= 4 is 39.7 Å². The molecule has 8 heteroatoms. The number of anilines is 4. The molecule has 2 heterocycles. The third kappa shape index (κ3) is 2.73. The summed E-state index contributed by atoms with van der Waals surface area (Å²) >= 11 is 1.64. The third-order valence-corrected chi connectivity index (χ3v) is 5.91. The van der Waals surface area contributed by atoms with Crippen molar-refractivity contribution in [2.45, 2.75) is 11.4 Å². The van der Waals surface area contributed by atoms with Crippen molar-refractivity contribution in [3.63, 3.8) is 0 Å². The number of nitrogens with zero attached hydrogens (tertiary/aromatic N) is 2. The number of phenolic OH excluding ortho intramolecular Hbond substituents is 1. The van der Waals surface area contributed by atoms with Crippen molar-refractivity contribution in [2.75, 3.05) is 28.6 Å². The van der Waals surface area contributed by atoms with E-state index in [2.05, 4.69) is 20.5 Å². The van der Waals surface area contributed by atoms with E-state index in [1.54, 1.807) is 30.0 Å². The number of aromatic hydroxyl groups is 1. The number of amidine groups is 1. The summed E-state index contributed by atoms with van der Waals surface area (Å²) in [4.78, 5) is 31.8. The van der Waals surface area contributed by atoms with Crippen molar-refractivity contribution in [3.8, 4) is 5.75 Å². The highest BCUT2D eigenvalue weighted by atomic mass is 32.2. The highest BCUT2D eigenvalue weighted by molar-refractivity contribution is 8.14. The molecule has 0 fully saturated rings. The van der Waals surface area contributed by atoms with E-state index in [9.17, 15) is 14.7 Å². The summed E-state index contributed by atoms with van der Waals surface area (Å²) in [7, 11) is 0. The van der Waals surface area contributed by atoms with Crippen molar-refractivity contribution < 1.29 is 5.11 Å². The van der Waals surface area contributed by atoms with Gasteiger partial charge in [-0.1, -0.05) is 12.1 Å². The van der Waals surface area contributed by atoms with Crippen molar-refractivity contribution in [2.24, 2.45) is 4.99 Å². The van der Waals surface area contributed by atoms with Crippen molar-refractivity contribution in [1.82, 2.24) is 0 Å². The van der Waals surface area contributed by atoms with Gasteiger partial charge in [-0.15, -0.1) is 0 Å². The molecule has 7 nitrogen and oxygen atoms in total. The summed E-state index contributed by atoms with van der Waals surface area (Å²) in [5.41, 5.74) is 2.11. The molecule has 2 aliphatic rings. The van der Waals surface area contributed by atoms with Gasteiger partial charge in [0, 0.05) is 23.7 Å². The molecule has 0 bridgehead atoms. The van der Waals surface area contributed by atoms with E-state index in [1.807, 2.05) is 24.3 Å². The quantitative estimate of drug-likeness (QED) is 0.575. The molecule has 3 aromatic carbocycles. The molecule has 3 N–H and O–H groups in total. The Balaban J connectivity index is 1.36. The smallest absolute Gasteiger partial charge is 0.253 e. The first-order chi connectivity index (χ1) is 13.6. The van der Waals surface area contributed by atoms with Crippen LogP contribution in [0.3, 0.4) is 0 Å². The predicted octanol–water partition coefficient (Wildman–Crippen LogP) is 2.63. The van der Waals surface area contributed by atoms with Crippen LogP contribution in [0.2, 0.25) is 0 Å². The zero-order chi connectivity index (χ0) is 19.3. The van der Waals surface area contributed by atoms with Crippen LogP contribution in [-0.2, 0) is 6.54 Å². The number of thioether (sulfide) groups is 1. The highest BCUT2D eigenvalue weighted by Gasteiger charge is 2.30. The van der Waals surface area contributed by atoms with Crippen molar-refractivity contribution in [1.29, 1.82) is 0 Å². The van der Waals surface area contributed by atoms with Gasteiger partial charge in [0.15, 0.2) is 5.17 Å². The normalized spacial score (nSPS) is 14.7. The van der Waals surface area contributed by atoms with E-state index in [0.717, 1.165) is 40.1 Å². The van der Waals surface area contributed by atoms with Crippen LogP contribution in [0, 0.1) is 0 Å². The number of rotatable bonds is 5. The molecule has 3 aromatic rings. The molecular formula is C20H16N4O3S. The lowest BCUT2D eigenvalue weighted by Gasteiger charge is -2.17. The van der Waals surface area contributed by atoms with Gasteiger partial charge in [0.2, 0.25) is 0 Å². The second kappa shape index (κ2) is 6.42. The summed E-state index contributed by atoms with van der Waals surface area (Å²) in [6.45, 7) is 1.98. The van der Waals surface area contributed by atoms with Gasteiger partial charge >= 0.3 is 0 Å². The van der Waals surface area contributed by atoms with Gasteiger partial charge in [-0.2, -0.15) is 0 Å². The van der Waals surface area contributed by atoms with E-state index in [-0.39, 0.29) is 17.1 Å². The first-order valence-electron chi connectivity index (χ1n) is 8.86. The molecule has 0 atom stereocenters. The predicted molar refractivity (Wildman–Crippen MR) is 112 cm³/mol. The Labute approximate surface area is 164 Å². The average Bonchev–Trinajstić information content (AvgIpc) is 3.28. The monoisotopic (exact) mass is 392 g/mol. The molecule has 0 aliphatic carbocycles. The first kappa shape index (κ1) is 16.9. The lowest BCUT2D eigenvalue weighted by atomic mass is 10.1. The van der Waals surface area contributed by atoms with E-state index < -0.39 is 10.9 Å². The summed E-state index contributed by atoms with van der Waals surface area (Å²) in [5.74, 6) is 0.156. The Morgan fingerprint density at radius 3 is 2.82 bits per heavy atom. The fourth-order valence-corrected chi connectivity index (χ4v) is 4.47. The third-order valence-electron chi connectivity index (χ3n) is 4.81. The SMILES string of the molecule is O=c1c(NCc2cccc(O)c2)c(Nc2ccc3c(c2)N2CCN=C2S3)c1=O. The molecule has 0 radical (unpaired) electrons. The molecule has 28 heavy (non-hydrogen) atoms. The maximum atomic E-state index is 12.1. The fourth-order valence-electron chi connectivity index (χ4n) is 3.41.